The number of rotatable bonds is 3. The lowest BCUT2D eigenvalue weighted by atomic mass is 10.1. The predicted molar refractivity (Wildman–Crippen MR) is 87.7 cm³/mol. The normalized spacial score (nSPS) is 10.7. The first-order valence-electron chi connectivity index (χ1n) is 7.30. The minimum absolute atomic E-state index is 0.345. The minimum Gasteiger partial charge on any atom is -0.320 e. The van der Waals surface area contributed by atoms with E-state index in [0.717, 1.165) is 0 Å². The molecule has 4 nitrogen and oxygen atoms in total. The first-order chi connectivity index (χ1) is 11.5. The van der Waals surface area contributed by atoms with Crippen molar-refractivity contribution < 1.29 is 13.6 Å². The van der Waals surface area contributed by atoms with Crippen LogP contribution >= 0.6 is 0 Å². The molecule has 0 aliphatic heterocycles. The van der Waals surface area contributed by atoms with Gasteiger partial charge in [-0.3, -0.25) is 4.79 Å². The van der Waals surface area contributed by atoms with Gasteiger partial charge in [-0.15, -0.1) is 0 Å². The molecule has 1 aromatic heterocycles. The van der Waals surface area contributed by atoms with Crippen LogP contribution in [-0.4, -0.2) is 15.5 Å². The fourth-order valence-electron chi connectivity index (χ4n) is 2.36. The fourth-order valence-corrected chi connectivity index (χ4v) is 2.36. The Morgan fingerprint density at radius 2 is 1.83 bits per heavy atom. The standard InChI is InChI=1S/C18H15F2N3O/c1-11-9-13(5-8-15(11)20)18(24)22-17-16(21-10-23(17)2)12-3-6-14(19)7-4-12/h3-10H,1-2H3,(H,22,24). The second kappa shape index (κ2) is 6.23. The molecule has 0 atom stereocenters. The number of nitrogens with one attached hydrogen (secondary N) is 1. The van der Waals surface area contributed by atoms with Gasteiger partial charge >= 0.3 is 0 Å². The average Bonchev–Trinajstić information content (AvgIpc) is 2.92. The van der Waals surface area contributed by atoms with Crippen LogP contribution in [-0.2, 0) is 7.05 Å². The summed E-state index contributed by atoms with van der Waals surface area (Å²) in [7, 11) is 1.74. The molecule has 1 N–H and O–H groups in total. The Balaban J connectivity index is 1.92. The summed E-state index contributed by atoms with van der Waals surface area (Å²) in [6.45, 7) is 1.60. The largest absolute Gasteiger partial charge is 0.320 e. The number of imidazole rings is 1. The van der Waals surface area contributed by atoms with E-state index >= 15 is 0 Å². The molecule has 2 aromatic carbocycles. The van der Waals surface area contributed by atoms with Crippen LogP contribution in [0.5, 0.6) is 0 Å². The highest BCUT2D eigenvalue weighted by molar-refractivity contribution is 6.05. The van der Waals surface area contributed by atoms with Gasteiger partial charge in [-0.2, -0.15) is 0 Å². The molecule has 0 bridgehead atoms. The highest BCUT2D eigenvalue weighted by Crippen LogP contribution is 2.26. The van der Waals surface area contributed by atoms with Gasteiger partial charge in [0.2, 0.25) is 0 Å². The van der Waals surface area contributed by atoms with Crippen molar-refractivity contribution in [2.24, 2.45) is 7.05 Å². The quantitative estimate of drug-likeness (QED) is 0.792. The third kappa shape index (κ3) is 3.03. The number of nitrogens with zero attached hydrogens (tertiary/aromatic N) is 2. The van der Waals surface area contributed by atoms with E-state index in [9.17, 15) is 13.6 Å². The van der Waals surface area contributed by atoms with Crippen LogP contribution in [0.3, 0.4) is 0 Å². The Morgan fingerprint density at radius 1 is 1.12 bits per heavy atom. The zero-order valence-electron chi connectivity index (χ0n) is 13.2. The second-order valence-corrected chi connectivity index (χ2v) is 5.48. The Morgan fingerprint density at radius 3 is 2.50 bits per heavy atom. The van der Waals surface area contributed by atoms with E-state index < -0.39 is 0 Å². The molecule has 1 amide bonds. The lowest BCUT2D eigenvalue weighted by molar-refractivity contribution is 0.102. The lowest BCUT2D eigenvalue weighted by Gasteiger charge is -2.09. The Kier molecular flexibility index (Phi) is 4.12. The van der Waals surface area contributed by atoms with Crippen molar-refractivity contribution in [3.63, 3.8) is 0 Å². The highest BCUT2D eigenvalue weighted by atomic mass is 19.1. The molecule has 0 saturated carbocycles. The predicted octanol–water partition coefficient (Wildman–Crippen LogP) is 3.93. The molecular weight excluding hydrogens is 312 g/mol. The number of anilines is 1. The van der Waals surface area contributed by atoms with Crippen molar-refractivity contribution in [1.29, 1.82) is 0 Å². The third-order valence-corrected chi connectivity index (χ3v) is 3.71. The number of aryl methyl sites for hydroxylation is 2. The molecule has 0 fully saturated rings. The number of hydrogen-bond acceptors (Lipinski definition) is 2. The molecule has 0 unspecified atom stereocenters. The summed E-state index contributed by atoms with van der Waals surface area (Å²) in [5, 5.41) is 2.78. The van der Waals surface area contributed by atoms with Gasteiger partial charge in [0.15, 0.2) is 0 Å². The summed E-state index contributed by atoms with van der Waals surface area (Å²) in [5.74, 6) is -0.597. The molecule has 3 rings (SSSR count). The molecule has 0 aliphatic carbocycles. The first-order valence-corrected chi connectivity index (χ1v) is 7.30. The lowest BCUT2D eigenvalue weighted by Crippen LogP contribution is -2.15. The summed E-state index contributed by atoms with van der Waals surface area (Å²) < 4.78 is 28.1. The molecule has 0 saturated heterocycles. The first kappa shape index (κ1) is 15.9. The number of aromatic nitrogens is 2. The van der Waals surface area contributed by atoms with Crippen LogP contribution in [0.4, 0.5) is 14.6 Å². The smallest absolute Gasteiger partial charge is 0.256 e. The maximum atomic E-state index is 13.3. The molecular formula is C18H15F2N3O. The monoisotopic (exact) mass is 327 g/mol. The van der Waals surface area contributed by atoms with Crippen LogP contribution in [0.1, 0.15) is 15.9 Å². The van der Waals surface area contributed by atoms with Crippen molar-refractivity contribution in [2.75, 3.05) is 5.32 Å². The van der Waals surface area contributed by atoms with Crippen molar-refractivity contribution in [1.82, 2.24) is 9.55 Å². The van der Waals surface area contributed by atoms with Crippen molar-refractivity contribution in [2.45, 2.75) is 6.92 Å². The van der Waals surface area contributed by atoms with Gasteiger partial charge in [0.05, 0.1) is 6.33 Å². The summed E-state index contributed by atoms with van der Waals surface area (Å²) >= 11 is 0. The molecule has 3 aromatic rings. The van der Waals surface area contributed by atoms with Gasteiger partial charge in [-0.1, -0.05) is 0 Å². The van der Waals surface area contributed by atoms with E-state index in [1.165, 1.54) is 30.3 Å². The van der Waals surface area contributed by atoms with E-state index in [4.69, 9.17) is 0 Å². The van der Waals surface area contributed by atoms with Crippen molar-refractivity contribution >= 4 is 11.7 Å². The summed E-state index contributed by atoms with van der Waals surface area (Å²) in [5.41, 5.74) is 1.96. The van der Waals surface area contributed by atoms with Crippen LogP contribution in [0.2, 0.25) is 0 Å². The van der Waals surface area contributed by atoms with Crippen molar-refractivity contribution in [3.8, 4) is 11.3 Å². The fraction of sp³-hybridized carbons (Fsp3) is 0.111. The molecule has 0 aliphatic rings. The summed E-state index contributed by atoms with van der Waals surface area (Å²) in [6.07, 6.45) is 1.56. The maximum absolute atomic E-state index is 13.3. The highest BCUT2D eigenvalue weighted by Gasteiger charge is 2.16. The van der Waals surface area contributed by atoms with E-state index in [-0.39, 0.29) is 17.5 Å². The van der Waals surface area contributed by atoms with Crippen LogP contribution < -0.4 is 5.32 Å². The molecule has 1 heterocycles. The number of hydrogen-bond donors (Lipinski definition) is 1. The molecule has 122 valence electrons. The topological polar surface area (TPSA) is 46.9 Å². The van der Waals surface area contributed by atoms with Gasteiger partial charge < -0.3 is 9.88 Å². The number of benzene rings is 2. The van der Waals surface area contributed by atoms with Crippen molar-refractivity contribution in [3.05, 3.63) is 71.6 Å². The van der Waals surface area contributed by atoms with Gasteiger partial charge in [0.25, 0.3) is 5.91 Å². The maximum Gasteiger partial charge on any atom is 0.256 e. The summed E-state index contributed by atoms with van der Waals surface area (Å²) in [6, 6.07) is 10.0. The van der Waals surface area contributed by atoms with Gasteiger partial charge in [-0.05, 0) is 55.0 Å². The minimum atomic E-state index is -0.370. The van der Waals surface area contributed by atoms with Crippen LogP contribution in [0.25, 0.3) is 11.3 Å². The average molecular weight is 327 g/mol. The van der Waals surface area contributed by atoms with E-state index in [1.807, 2.05) is 0 Å². The number of amides is 1. The van der Waals surface area contributed by atoms with Crippen LogP contribution in [0, 0.1) is 18.6 Å². The SMILES string of the molecule is Cc1cc(C(=O)Nc2c(-c3ccc(F)cc3)ncn2C)ccc1F. The van der Waals surface area contributed by atoms with E-state index in [2.05, 4.69) is 10.3 Å². The molecule has 6 heteroatoms. The Labute approximate surface area is 137 Å². The molecule has 0 radical (unpaired) electrons. The van der Waals surface area contributed by atoms with E-state index in [1.54, 1.807) is 37.0 Å². The van der Waals surface area contributed by atoms with Gasteiger partial charge in [-0.25, -0.2) is 13.8 Å². The van der Waals surface area contributed by atoms with Gasteiger partial charge in [0.1, 0.15) is 23.1 Å². The number of carbonyl (C=O) groups excluding carboxylic acids is 1. The third-order valence-electron chi connectivity index (χ3n) is 3.71. The Bertz CT molecular complexity index is 901. The van der Waals surface area contributed by atoms with Gasteiger partial charge in [0, 0.05) is 18.2 Å². The second-order valence-electron chi connectivity index (χ2n) is 5.48. The molecule has 0 spiro atoms. The Hall–Kier alpha value is -3.02. The zero-order chi connectivity index (χ0) is 17.3. The number of carbonyl (C=O) groups is 1. The zero-order valence-corrected chi connectivity index (χ0v) is 13.2. The van der Waals surface area contributed by atoms with Crippen LogP contribution in [0.15, 0.2) is 48.8 Å². The summed E-state index contributed by atoms with van der Waals surface area (Å²) in [4.78, 5) is 16.7. The number of halogens is 2. The van der Waals surface area contributed by atoms with E-state index in [0.29, 0.717) is 28.2 Å². The molecule has 24 heavy (non-hydrogen) atoms.